The number of aliphatic hydroxyl groups is 1. The highest BCUT2D eigenvalue weighted by molar-refractivity contribution is 7.87. The summed E-state index contributed by atoms with van der Waals surface area (Å²) in [5, 5.41) is 9.21. The van der Waals surface area contributed by atoms with Gasteiger partial charge in [0, 0.05) is 19.6 Å². The van der Waals surface area contributed by atoms with Gasteiger partial charge in [-0.3, -0.25) is 0 Å². The molecule has 0 aromatic carbocycles. The van der Waals surface area contributed by atoms with E-state index in [0.29, 0.717) is 19.5 Å². The maximum Gasteiger partial charge on any atom is 0.279 e. The second kappa shape index (κ2) is 4.57. The molecular weight excluding hydrogens is 204 g/mol. The van der Waals surface area contributed by atoms with Crippen molar-refractivity contribution in [1.82, 2.24) is 9.03 Å². The summed E-state index contributed by atoms with van der Waals surface area (Å²) in [6, 6.07) is 0. The summed E-state index contributed by atoms with van der Waals surface area (Å²) in [7, 11) is -3.36. The quantitative estimate of drug-likeness (QED) is 0.676. The maximum absolute atomic E-state index is 11.6. The van der Waals surface area contributed by atoms with E-state index in [1.165, 1.54) is 4.31 Å². The molecule has 1 saturated heterocycles. The van der Waals surface area contributed by atoms with Crippen molar-refractivity contribution in [1.29, 1.82) is 0 Å². The zero-order chi connectivity index (χ0) is 10.8. The van der Waals surface area contributed by atoms with Crippen molar-refractivity contribution in [2.45, 2.75) is 26.4 Å². The number of hydrogen-bond donors (Lipinski definition) is 2. The van der Waals surface area contributed by atoms with Crippen molar-refractivity contribution in [3.8, 4) is 0 Å². The molecule has 0 radical (unpaired) electrons. The first-order valence-corrected chi connectivity index (χ1v) is 6.28. The minimum atomic E-state index is -3.36. The summed E-state index contributed by atoms with van der Waals surface area (Å²) in [4.78, 5) is 0. The molecule has 14 heavy (non-hydrogen) atoms. The lowest BCUT2D eigenvalue weighted by atomic mass is 10.2. The Bertz CT molecular complexity index is 276. The van der Waals surface area contributed by atoms with Gasteiger partial charge in [0.25, 0.3) is 10.2 Å². The van der Waals surface area contributed by atoms with Crippen molar-refractivity contribution < 1.29 is 13.5 Å². The maximum atomic E-state index is 11.6. The van der Waals surface area contributed by atoms with E-state index in [-0.39, 0.29) is 12.5 Å². The SMILES string of the molecule is CC(C)CNS(=O)(=O)N1CC[C@@H](O)C1. The number of β-amino-alcohol motifs (C(OH)–C–C–N with tert-alkyl or cyclic N) is 1. The van der Waals surface area contributed by atoms with Gasteiger partial charge < -0.3 is 5.11 Å². The molecule has 1 heterocycles. The van der Waals surface area contributed by atoms with Crippen LogP contribution in [0.4, 0.5) is 0 Å². The molecule has 0 unspecified atom stereocenters. The first-order valence-electron chi connectivity index (χ1n) is 4.84. The fourth-order valence-corrected chi connectivity index (χ4v) is 2.73. The Balaban J connectivity index is 2.49. The number of rotatable bonds is 4. The van der Waals surface area contributed by atoms with Crippen LogP contribution in [0.2, 0.25) is 0 Å². The van der Waals surface area contributed by atoms with Crippen LogP contribution in [0.15, 0.2) is 0 Å². The van der Waals surface area contributed by atoms with Gasteiger partial charge in [0.05, 0.1) is 6.10 Å². The van der Waals surface area contributed by atoms with Gasteiger partial charge in [-0.1, -0.05) is 13.8 Å². The van der Waals surface area contributed by atoms with Crippen LogP contribution < -0.4 is 4.72 Å². The molecule has 0 spiro atoms. The Hall–Kier alpha value is -0.170. The first kappa shape index (κ1) is 11.9. The molecule has 0 aromatic heterocycles. The monoisotopic (exact) mass is 222 g/mol. The Kier molecular flexibility index (Phi) is 3.88. The van der Waals surface area contributed by atoms with Crippen molar-refractivity contribution >= 4 is 10.2 Å². The smallest absolute Gasteiger partial charge is 0.279 e. The summed E-state index contributed by atoms with van der Waals surface area (Å²) in [5.74, 6) is 0.289. The fourth-order valence-electron chi connectivity index (χ4n) is 1.29. The minimum absolute atomic E-state index is 0.216. The number of aliphatic hydroxyl groups excluding tert-OH is 1. The van der Waals surface area contributed by atoms with Gasteiger partial charge in [0.15, 0.2) is 0 Å². The van der Waals surface area contributed by atoms with Crippen LogP contribution in [0.3, 0.4) is 0 Å². The number of nitrogens with zero attached hydrogens (tertiary/aromatic N) is 1. The Morgan fingerprint density at radius 2 is 2.21 bits per heavy atom. The van der Waals surface area contributed by atoms with Gasteiger partial charge in [-0.25, -0.2) is 4.72 Å². The fraction of sp³-hybridized carbons (Fsp3) is 1.00. The predicted octanol–water partition coefficient (Wildman–Crippen LogP) is -0.457. The van der Waals surface area contributed by atoms with E-state index in [2.05, 4.69) is 4.72 Å². The third-order valence-electron chi connectivity index (χ3n) is 2.14. The molecule has 5 nitrogen and oxygen atoms in total. The third kappa shape index (κ3) is 3.20. The Morgan fingerprint density at radius 3 is 2.64 bits per heavy atom. The molecule has 1 atom stereocenters. The molecule has 0 bridgehead atoms. The van der Waals surface area contributed by atoms with E-state index in [4.69, 9.17) is 0 Å². The molecule has 6 heteroatoms. The van der Waals surface area contributed by atoms with Crippen molar-refractivity contribution in [3.63, 3.8) is 0 Å². The van der Waals surface area contributed by atoms with E-state index < -0.39 is 16.3 Å². The molecule has 84 valence electrons. The van der Waals surface area contributed by atoms with Crippen molar-refractivity contribution in [2.24, 2.45) is 5.92 Å². The zero-order valence-electron chi connectivity index (χ0n) is 8.60. The summed E-state index contributed by atoms with van der Waals surface area (Å²) >= 11 is 0. The van der Waals surface area contributed by atoms with E-state index in [1.54, 1.807) is 0 Å². The molecule has 0 aromatic rings. The average Bonchev–Trinajstić information content (AvgIpc) is 2.49. The minimum Gasteiger partial charge on any atom is -0.392 e. The molecule has 1 aliphatic heterocycles. The van der Waals surface area contributed by atoms with Crippen LogP contribution in [0.5, 0.6) is 0 Å². The lowest BCUT2D eigenvalue weighted by Crippen LogP contribution is -2.41. The molecule has 0 aliphatic carbocycles. The standard InChI is InChI=1S/C8H18N2O3S/c1-7(2)5-9-14(12,13)10-4-3-8(11)6-10/h7-9,11H,3-6H2,1-2H3/t8-/m1/s1. The topological polar surface area (TPSA) is 69.6 Å². The average molecular weight is 222 g/mol. The second-order valence-corrected chi connectivity index (χ2v) is 5.80. The van der Waals surface area contributed by atoms with E-state index in [0.717, 1.165) is 0 Å². The Labute approximate surface area is 85.3 Å². The summed E-state index contributed by atoms with van der Waals surface area (Å²) in [6.45, 7) is 4.96. The van der Waals surface area contributed by atoms with Gasteiger partial charge in [-0.15, -0.1) is 0 Å². The molecule has 1 rings (SSSR count). The summed E-state index contributed by atoms with van der Waals surface area (Å²) in [5.41, 5.74) is 0. The van der Waals surface area contributed by atoms with Crippen LogP contribution in [0, 0.1) is 5.92 Å². The van der Waals surface area contributed by atoms with E-state index >= 15 is 0 Å². The second-order valence-electron chi connectivity index (χ2n) is 4.05. The van der Waals surface area contributed by atoms with Gasteiger partial charge >= 0.3 is 0 Å². The van der Waals surface area contributed by atoms with Crippen LogP contribution in [-0.4, -0.2) is 43.6 Å². The van der Waals surface area contributed by atoms with Crippen LogP contribution in [0.1, 0.15) is 20.3 Å². The Morgan fingerprint density at radius 1 is 1.57 bits per heavy atom. The van der Waals surface area contributed by atoms with Crippen LogP contribution in [0.25, 0.3) is 0 Å². The molecular formula is C8H18N2O3S. The number of nitrogens with one attached hydrogen (secondary N) is 1. The molecule has 1 fully saturated rings. The first-order chi connectivity index (χ1) is 6.42. The molecule has 0 amide bonds. The van der Waals surface area contributed by atoms with Crippen LogP contribution >= 0.6 is 0 Å². The van der Waals surface area contributed by atoms with Crippen molar-refractivity contribution in [2.75, 3.05) is 19.6 Å². The van der Waals surface area contributed by atoms with Gasteiger partial charge in [-0.05, 0) is 12.3 Å². The molecule has 2 N–H and O–H groups in total. The lowest BCUT2D eigenvalue weighted by molar-refractivity contribution is 0.189. The summed E-state index contributed by atoms with van der Waals surface area (Å²) in [6.07, 6.45) is 0.0217. The van der Waals surface area contributed by atoms with E-state index in [9.17, 15) is 13.5 Å². The van der Waals surface area contributed by atoms with Gasteiger partial charge in [-0.2, -0.15) is 12.7 Å². The highest BCUT2D eigenvalue weighted by atomic mass is 32.2. The number of hydrogen-bond acceptors (Lipinski definition) is 3. The van der Waals surface area contributed by atoms with Gasteiger partial charge in [0.1, 0.15) is 0 Å². The van der Waals surface area contributed by atoms with Crippen molar-refractivity contribution in [3.05, 3.63) is 0 Å². The molecule has 0 saturated carbocycles. The largest absolute Gasteiger partial charge is 0.392 e. The molecule has 1 aliphatic rings. The van der Waals surface area contributed by atoms with Gasteiger partial charge in [0.2, 0.25) is 0 Å². The third-order valence-corrected chi connectivity index (χ3v) is 3.68. The highest BCUT2D eigenvalue weighted by Crippen LogP contribution is 2.12. The normalized spacial score (nSPS) is 24.7. The zero-order valence-corrected chi connectivity index (χ0v) is 9.42. The van der Waals surface area contributed by atoms with E-state index in [1.807, 2.05) is 13.8 Å². The predicted molar refractivity (Wildman–Crippen MR) is 54.0 cm³/mol. The van der Waals surface area contributed by atoms with Crippen LogP contribution in [-0.2, 0) is 10.2 Å². The lowest BCUT2D eigenvalue weighted by Gasteiger charge is -2.17. The summed E-state index contributed by atoms with van der Waals surface area (Å²) < 4.78 is 27.0. The highest BCUT2D eigenvalue weighted by Gasteiger charge is 2.29.